The number of carbonyl (C=O) groups is 1. The molecule has 1 aliphatic rings. The van der Waals surface area contributed by atoms with Crippen LogP contribution in [-0.2, 0) is 14.8 Å². The average Bonchev–Trinajstić information content (AvgIpc) is 2.32. The van der Waals surface area contributed by atoms with Crippen molar-refractivity contribution in [3.63, 3.8) is 0 Å². The predicted octanol–water partition coefficient (Wildman–Crippen LogP) is 0.754. The standard InChI is InChI=1S/C12H17N3O3S/c1-10-8-11(4-5-13-10)14-12(16)9-15-6-2-3-7-19(15,17)18/h4-5,8H,2-3,6-7,9H2,1H3,(H,13,14,16). The highest BCUT2D eigenvalue weighted by atomic mass is 32.2. The third-order valence-corrected chi connectivity index (χ3v) is 4.86. The molecule has 1 saturated heterocycles. The van der Waals surface area contributed by atoms with Gasteiger partial charge in [0, 0.05) is 24.1 Å². The maximum absolute atomic E-state index is 11.8. The Balaban J connectivity index is 1.98. The topological polar surface area (TPSA) is 79.4 Å². The van der Waals surface area contributed by atoms with Gasteiger partial charge >= 0.3 is 0 Å². The molecule has 2 rings (SSSR count). The molecule has 1 aromatic rings. The Labute approximate surface area is 112 Å². The van der Waals surface area contributed by atoms with Crippen LogP contribution in [0.5, 0.6) is 0 Å². The van der Waals surface area contributed by atoms with Gasteiger partial charge in [0.25, 0.3) is 0 Å². The van der Waals surface area contributed by atoms with Gasteiger partial charge in [-0.1, -0.05) is 0 Å². The zero-order valence-electron chi connectivity index (χ0n) is 10.8. The van der Waals surface area contributed by atoms with Crippen LogP contribution in [0.1, 0.15) is 18.5 Å². The second-order valence-electron chi connectivity index (χ2n) is 4.59. The number of rotatable bonds is 3. The van der Waals surface area contributed by atoms with Crippen LogP contribution in [0.4, 0.5) is 5.69 Å². The first-order valence-electron chi connectivity index (χ1n) is 6.18. The number of pyridine rings is 1. The quantitative estimate of drug-likeness (QED) is 0.888. The Morgan fingerprint density at radius 3 is 2.95 bits per heavy atom. The van der Waals surface area contributed by atoms with E-state index in [0.29, 0.717) is 18.7 Å². The molecule has 0 spiro atoms. The van der Waals surface area contributed by atoms with Crippen LogP contribution < -0.4 is 5.32 Å². The van der Waals surface area contributed by atoms with Crippen molar-refractivity contribution in [2.45, 2.75) is 19.8 Å². The number of anilines is 1. The number of hydrogen-bond donors (Lipinski definition) is 1. The molecule has 1 fully saturated rings. The lowest BCUT2D eigenvalue weighted by molar-refractivity contribution is -0.116. The monoisotopic (exact) mass is 283 g/mol. The first kappa shape index (κ1) is 14.0. The maximum atomic E-state index is 11.8. The molecule has 0 saturated carbocycles. The summed E-state index contributed by atoms with van der Waals surface area (Å²) in [4.78, 5) is 15.9. The molecule has 1 aromatic heterocycles. The van der Waals surface area contributed by atoms with Gasteiger partial charge in [0.15, 0.2) is 0 Å². The summed E-state index contributed by atoms with van der Waals surface area (Å²) in [5.74, 6) is -0.190. The Kier molecular flexibility index (Phi) is 4.16. The second-order valence-corrected chi connectivity index (χ2v) is 6.68. The van der Waals surface area contributed by atoms with E-state index < -0.39 is 10.0 Å². The third kappa shape index (κ3) is 3.74. The summed E-state index contributed by atoms with van der Waals surface area (Å²) in [6.45, 7) is 2.12. The highest BCUT2D eigenvalue weighted by Crippen LogP contribution is 2.13. The Bertz CT molecular complexity index is 571. The van der Waals surface area contributed by atoms with Gasteiger partial charge in [0.1, 0.15) is 0 Å². The number of nitrogens with zero attached hydrogens (tertiary/aromatic N) is 2. The molecule has 19 heavy (non-hydrogen) atoms. The first-order valence-corrected chi connectivity index (χ1v) is 7.79. The Morgan fingerprint density at radius 2 is 2.26 bits per heavy atom. The van der Waals surface area contributed by atoms with Crippen molar-refractivity contribution >= 4 is 21.6 Å². The summed E-state index contributed by atoms with van der Waals surface area (Å²) < 4.78 is 24.8. The number of nitrogens with one attached hydrogen (secondary N) is 1. The predicted molar refractivity (Wildman–Crippen MR) is 72.2 cm³/mol. The lowest BCUT2D eigenvalue weighted by Crippen LogP contribution is -2.42. The highest BCUT2D eigenvalue weighted by Gasteiger charge is 2.27. The smallest absolute Gasteiger partial charge is 0.239 e. The van der Waals surface area contributed by atoms with Gasteiger partial charge in [-0.3, -0.25) is 9.78 Å². The fourth-order valence-corrected chi connectivity index (χ4v) is 3.55. The fraction of sp³-hybridized carbons (Fsp3) is 0.500. The van der Waals surface area contributed by atoms with Crippen molar-refractivity contribution in [1.82, 2.24) is 9.29 Å². The van der Waals surface area contributed by atoms with Crippen molar-refractivity contribution in [2.75, 3.05) is 24.2 Å². The summed E-state index contributed by atoms with van der Waals surface area (Å²) in [6, 6.07) is 3.41. The molecule has 0 atom stereocenters. The second kappa shape index (κ2) is 5.66. The number of carbonyl (C=O) groups excluding carboxylic acids is 1. The molecule has 0 aliphatic carbocycles. The zero-order valence-corrected chi connectivity index (χ0v) is 11.6. The molecular weight excluding hydrogens is 266 g/mol. The molecule has 1 N–H and O–H groups in total. The van der Waals surface area contributed by atoms with Gasteiger partial charge in [-0.05, 0) is 31.9 Å². The average molecular weight is 283 g/mol. The highest BCUT2D eigenvalue weighted by molar-refractivity contribution is 7.89. The Morgan fingerprint density at radius 1 is 1.47 bits per heavy atom. The molecule has 0 unspecified atom stereocenters. The van der Waals surface area contributed by atoms with Crippen LogP contribution in [0.25, 0.3) is 0 Å². The first-order chi connectivity index (χ1) is 8.97. The van der Waals surface area contributed by atoms with E-state index in [4.69, 9.17) is 0 Å². The lowest BCUT2D eigenvalue weighted by Gasteiger charge is -2.25. The minimum atomic E-state index is -3.26. The van der Waals surface area contributed by atoms with Crippen LogP contribution in [0.15, 0.2) is 18.3 Å². The molecule has 1 amide bonds. The van der Waals surface area contributed by atoms with Gasteiger partial charge in [-0.25, -0.2) is 8.42 Å². The lowest BCUT2D eigenvalue weighted by atomic mass is 10.3. The van der Waals surface area contributed by atoms with E-state index >= 15 is 0 Å². The van der Waals surface area contributed by atoms with Crippen molar-refractivity contribution in [2.24, 2.45) is 0 Å². The van der Waals surface area contributed by atoms with E-state index in [1.807, 2.05) is 6.92 Å². The van der Waals surface area contributed by atoms with Crippen LogP contribution in [0, 0.1) is 6.92 Å². The number of hydrogen-bond acceptors (Lipinski definition) is 4. The number of aromatic nitrogens is 1. The number of aryl methyl sites for hydroxylation is 1. The van der Waals surface area contributed by atoms with E-state index in [2.05, 4.69) is 10.3 Å². The summed E-state index contributed by atoms with van der Waals surface area (Å²) in [5.41, 5.74) is 1.43. The molecule has 2 heterocycles. The molecule has 7 heteroatoms. The van der Waals surface area contributed by atoms with Crippen molar-refractivity contribution in [3.05, 3.63) is 24.0 Å². The summed E-state index contributed by atoms with van der Waals surface area (Å²) in [7, 11) is -3.26. The molecule has 0 aromatic carbocycles. The van der Waals surface area contributed by atoms with Gasteiger partial charge in [-0.2, -0.15) is 4.31 Å². The maximum Gasteiger partial charge on any atom is 0.239 e. The molecule has 0 radical (unpaired) electrons. The minimum Gasteiger partial charge on any atom is -0.325 e. The third-order valence-electron chi connectivity index (χ3n) is 2.95. The molecule has 104 valence electrons. The molecular formula is C12H17N3O3S. The Hall–Kier alpha value is -1.47. The van der Waals surface area contributed by atoms with Crippen LogP contribution in [0.3, 0.4) is 0 Å². The van der Waals surface area contributed by atoms with E-state index in [1.165, 1.54) is 4.31 Å². The molecule has 1 aliphatic heterocycles. The van der Waals surface area contributed by atoms with Crippen LogP contribution >= 0.6 is 0 Å². The van der Waals surface area contributed by atoms with E-state index in [1.54, 1.807) is 18.3 Å². The minimum absolute atomic E-state index is 0.121. The number of sulfonamides is 1. The van der Waals surface area contributed by atoms with Crippen LogP contribution in [0.2, 0.25) is 0 Å². The van der Waals surface area contributed by atoms with Gasteiger partial charge < -0.3 is 5.32 Å². The summed E-state index contributed by atoms with van der Waals surface area (Å²) >= 11 is 0. The molecule has 6 nitrogen and oxygen atoms in total. The fourth-order valence-electron chi connectivity index (χ4n) is 2.00. The van der Waals surface area contributed by atoms with Gasteiger partial charge in [-0.15, -0.1) is 0 Å². The van der Waals surface area contributed by atoms with E-state index in [-0.39, 0.29) is 18.2 Å². The summed E-state index contributed by atoms with van der Waals surface area (Å²) in [6.07, 6.45) is 3.08. The van der Waals surface area contributed by atoms with Crippen molar-refractivity contribution < 1.29 is 13.2 Å². The van der Waals surface area contributed by atoms with Crippen LogP contribution in [-0.4, -0.2) is 42.5 Å². The SMILES string of the molecule is Cc1cc(NC(=O)CN2CCCCS2(=O)=O)ccn1. The molecule has 0 bridgehead atoms. The number of amides is 1. The van der Waals surface area contributed by atoms with Gasteiger partial charge in [0.2, 0.25) is 15.9 Å². The van der Waals surface area contributed by atoms with Gasteiger partial charge in [0.05, 0.1) is 12.3 Å². The summed E-state index contributed by atoms with van der Waals surface area (Å²) in [5, 5.41) is 2.68. The normalized spacial score (nSPS) is 19.0. The van der Waals surface area contributed by atoms with Crippen molar-refractivity contribution in [1.29, 1.82) is 0 Å². The zero-order chi connectivity index (χ0) is 13.9. The van der Waals surface area contributed by atoms with E-state index in [9.17, 15) is 13.2 Å². The van der Waals surface area contributed by atoms with Crippen molar-refractivity contribution in [3.8, 4) is 0 Å². The van der Waals surface area contributed by atoms with E-state index in [0.717, 1.165) is 12.1 Å². The largest absolute Gasteiger partial charge is 0.325 e.